The minimum absolute atomic E-state index is 0.0201. The van der Waals surface area contributed by atoms with Crippen molar-refractivity contribution in [1.29, 1.82) is 0 Å². The third-order valence-corrected chi connectivity index (χ3v) is 3.99. The first-order chi connectivity index (χ1) is 12.1. The zero-order chi connectivity index (χ0) is 17.8. The molecule has 0 fully saturated rings. The fourth-order valence-corrected chi connectivity index (χ4v) is 2.68. The van der Waals surface area contributed by atoms with Crippen LogP contribution < -0.4 is 5.32 Å². The number of nitrogens with one attached hydrogen (secondary N) is 1. The lowest BCUT2D eigenvalue weighted by Gasteiger charge is -2.03. The van der Waals surface area contributed by atoms with Crippen molar-refractivity contribution in [2.24, 2.45) is 10.2 Å². The number of hydrogen-bond acceptors (Lipinski definition) is 4. The molecule has 0 aliphatic heterocycles. The van der Waals surface area contributed by atoms with Gasteiger partial charge in [-0.25, -0.2) is 0 Å². The number of benzene rings is 2. The lowest BCUT2D eigenvalue weighted by Crippen LogP contribution is -2.10. The Bertz CT molecular complexity index is 926. The van der Waals surface area contributed by atoms with Crippen LogP contribution in [-0.4, -0.2) is 22.1 Å². The van der Waals surface area contributed by atoms with E-state index in [-0.39, 0.29) is 12.4 Å². The first-order valence-corrected chi connectivity index (χ1v) is 8.15. The highest BCUT2D eigenvalue weighted by Gasteiger charge is 2.15. The summed E-state index contributed by atoms with van der Waals surface area (Å²) in [6, 6.07) is 15.2. The van der Waals surface area contributed by atoms with Crippen molar-refractivity contribution in [1.82, 2.24) is 4.57 Å². The molecule has 2 aromatic carbocycles. The molecular formula is C19H20N4O2. The van der Waals surface area contributed by atoms with E-state index in [4.69, 9.17) is 0 Å². The SMILES string of the molecule is CCn1c(O)c(N=NC(=O)CNc2ccc(C)cc2)c2ccccc21. The summed E-state index contributed by atoms with van der Waals surface area (Å²) in [4.78, 5) is 12.0. The van der Waals surface area contributed by atoms with Gasteiger partial charge in [-0.3, -0.25) is 4.79 Å². The molecule has 0 unspecified atom stereocenters. The van der Waals surface area contributed by atoms with Gasteiger partial charge in [0, 0.05) is 17.6 Å². The molecule has 0 saturated carbocycles. The smallest absolute Gasteiger partial charge is 0.283 e. The van der Waals surface area contributed by atoms with Crippen molar-refractivity contribution in [3.63, 3.8) is 0 Å². The van der Waals surface area contributed by atoms with Crippen LogP contribution in [0.1, 0.15) is 12.5 Å². The van der Waals surface area contributed by atoms with Gasteiger partial charge >= 0.3 is 0 Å². The minimum Gasteiger partial charge on any atom is -0.493 e. The topological polar surface area (TPSA) is 79.0 Å². The molecule has 3 rings (SSSR count). The highest BCUT2D eigenvalue weighted by Crippen LogP contribution is 2.38. The molecule has 128 valence electrons. The maximum Gasteiger partial charge on any atom is 0.283 e. The molecule has 1 aromatic heterocycles. The molecule has 2 N–H and O–H groups in total. The van der Waals surface area contributed by atoms with E-state index in [0.717, 1.165) is 22.2 Å². The van der Waals surface area contributed by atoms with E-state index in [0.29, 0.717) is 12.2 Å². The van der Waals surface area contributed by atoms with Crippen molar-refractivity contribution < 1.29 is 9.90 Å². The number of carbonyl (C=O) groups is 1. The van der Waals surface area contributed by atoms with E-state index in [1.54, 1.807) is 4.57 Å². The molecule has 6 heteroatoms. The van der Waals surface area contributed by atoms with Crippen molar-refractivity contribution >= 4 is 28.2 Å². The fraction of sp³-hybridized carbons (Fsp3) is 0.211. The standard InChI is InChI=1S/C19H20N4O2/c1-3-23-16-7-5-4-6-15(16)18(19(23)25)22-21-17(24)12-20-14-10-8-13(2)9-11-14/h4-11,20,25H,3,12H2,1-2H3. The summed E-state index contributed by atoms with van der Waals surface area (Å²) in [5, 5.41) is 21.8. The molecule has 0 radical (unpaired) electrons. The van der Waals surface area contributed by atoms with E-state index in [1.807, 2.05) is 62.4 Å². The van der Waals surface area contributed by atoms with Gasteiger partial charge in [-0.05, 0) is 32.0 Å². The minimum atomic E-state index is -0.409. The van der Waals surface area contributed by atoms with Gasteiger partial charge in [-0.15, -0.1) is 10.2 Å². The molecule has 0 atom stereocenters. The Labute approximate surface area is 145 Å². The molecule has 0 saturated heterocycles. The normalized spacial score (nSPS) is 11.3. The predicted octanol–water partition coefficient (Wildman–Crippen LogP) is 4.40. The molecule has 0 aliphatic carbocycles. The molecule has 0 bridgehead atoms. The summed E-state index contributed by atoms with van der Waals surface area (Å²) in [5.74, 6) is -0.389. The van der Waals surface area contributed by atoms with Crippen molar-refractivity contribution in [2.75, 3.05) is 11.9 Å². The highest BCUT2D eigenvalue weighted by atomic mass is 16.3. The number of carbonyl (C=O) groups excluding carboxylic acids is 1. The van der Waals surface area contributed by atoms with E-state index in [2.05, 4.69) is 15.5 Å². The number of amides is 1. The first-order valence-electron chi connectivity index (χ1n) is 8.15. The molecule has 1 amide bonds. The van der Waals surface area contributed by atoms with Gasteiger partial charge in [-0.2, -0.15) is 0 Å². The van der Waals surface area contributed by atoms with Crippen LogP contribution in [0.25, 0.3) is 10.9 Å². The number of aryl methyl sites for hydroxylation is 2. The Hall–Kier alpha value is -3.15. The van der Waals surface area contributed by atoms with Crippen LogP contribution in [0.4, 0.5) is 11.4 Å². The lowest BCUT2D eigenvalue weighted by atomic mass is 10.2. The summed E-state index contributed by atoms with van der Waals surface area (Å²) in [6.45, 7) is 4.58. The van der Waals surface area contributed by atoms with Crippen molar-refractivity contribution in [3.05, 3.63) is 54.1 Å². The Morgan fingerprint density at radius 2 is 1.88 bits per heavy atom. The highest BCUT2D eigenvalue weighted by molar-refractivity contribution is 5.95. The van der Waals surface area contributed by atoms with E-state index in [9.17, 15) is 9.90 Å². The molecule has 25 heavy (non-hydrogen) atoms. The third kappa shape index (κ3) is 3.52. The average Bonchev–Trinajstić information content (AvgIpc) is 2.90. The first kappa shape index (κ1) is 16.7. The lowest BCUT2D eigenvalue weighted by molar-refractivity contribution is -0.116. The zero-order valence-electron chi connectivity index (χ0n) is 14.2. The average molecular weight is 336 g/mol. The summed E-state index contributed by atoms with van der Waals surface area (Å²) in [5.41, 5.74) is 3.18. The molecule has 0 aliphatic rings. The molecule has 6 nitrogen and oxygen atoms in total. The van der Waals surface area contributed by atoms with Crippen LogP contribution >= 0.6 is 0 Å². The van der Waals surface area contributed by atoms with Gasteiger partial charge in [-0.1, -0.05) is 35.9 Å². The maximum absolute atomic E-state index is 12.0. The number of nitrogens with zero attached hydrogens (tertiary/aromatic N) is 3. The second-order valence-electron chi connectivity index (χ2n) is 5.75. The van der Waals surface area contributed by atoms with Crippen LogP contribution in [0.15, 0.2) is 58.8 Å². The largest absolute Gasteiger partial charge is 0.493 e. The van der Waals surface area contributed by atoms with Gasteiger partial charge in [0.25, 0.3) is 5.91 Å². The maximum atomic E-state index is 12.0. The zero-order valence-corrected chi connectivity index (χ0v) is 14.2. The van der Waals surface area contributed by atoms with E-state index >= 15 is 0 Å². The number of rotatable bonds is 5. The summed E-state index contributed by atoms with van der Waals surface area (Å²) in [6.07, 6.45) is 0. The van der Waals surface area contributed by atoms with Crippen LogP contribution in [0.2, 0.25) is 0 Å². The van der Waals surface area contributed by atoms with Crippen LogP contribution in [0, 0.1) is 6.92 Å². The molecule has 0 spiro atoms. The fourth-order valence-electron chi connectivity index (χ4n) is 2.68. The van der Waals surface area contributed by atoms with Gasteiger partial charge in [0.05, 0.1) is 12.1 Å². The number of anilines is 1. The molecule has 1 heterocycles. The van der Waals surface area contributed by atoms with Gasteiger partial charge in [0.15, 0.2) is 5.69 Å². The number of hydrogen-bond donors (Lipinski definition) is 2. The van der Waals surface area contributed by atoms with Crippen LogP contribution in [0.3, 0.4) is 0 Å². The summed E-state index contributed by atoms with van der Waals surface area (Å²) in [7, 11) is 0. The molecule has 3 aromatic rings. The third-order valence-electron chi connectivity index (χ3n) is 3.99. The summed E-state index contributed by atoms with van der Waals surface area (Å²) >= 11 is 0. The monoisotopic (exact) mass is 336 g/mol. The number of aromatic nitrogens is 1. The number of aromatic hydroxyl groups is 1. The Balaban J connectivity index is 1.75. The van der Waals surface area contributed by atoms with E-state index < -0.39 is 5.91 Å². The number of para-hydroxylation sites is 1. The Kier molecular flexibility index (Phi) is 4.79. The van der Waals surface area contributed by atoms with E-state index in [1.165, 1.54) is 0 Å². The van der Waals surface area contributed by atoms with Crippen LogP contribution in [-0.2, 0) is 11.3 Å². The Morgan fingerprint density at radius 3 is 2.60 bits per heavy atom. The second kappa shape index (κ2) is 7.17. The quantitative estimate of drug-likeness (QED) is 0.678. The van der Waals surface area contributed by atoms with Crippen LogP contribution in [0.5, 0.6) is 5.88 Å². The van der Waals surface area contributed by atoms with Gasteiger partial charge in [0.2, 0.25) is 5.88 Å². The van der Waals surface area contributed by atoms with Gasteiger partial charge < -0.3 is 15.0 Å². The Morgan fingerprint density at radius 1 is 1.16 bits per heavy atom. The van der Waals surface area contributed by atoms with Crippen molar-refractivity contribution in [2.45, 2.75) is 20.4 Å². The summed E-state index contributed by atoms with van der Waals surface area (Å²) < 4.78 is 1.73. The number of azo groups is 1. The molecular weight excluding hydrogens is 316 g/mol. The van der Waals surface area contributed by atoms with Crippen molar-refractivity contribution in [3.8, 4) is 5.88 Å². The van der Waals surface area contributed by atoms with Gasteiger partial charge in [0.1, 0.15) is 0 Å². The second-order valence-corrected chi connectivity index (χ2v) is 5.75. The predicted molar refractivity (Wildman–Crippen MR) is 98.5 cm³/mol. The number of fused-ring (bicyclic) bond motifs is 1.